The predicted molar refractivity (Wildman–Crippen MR) is 118 cm³/mol. The van der Waals surface area contributed by atoms with Crippen molar-refractivity contribution in [1.82, 2.24) is 19.0 Å². The van der Waals surface area contributed by atoms with Crippen LogP contribution in [0.4, 0.5) is 0 Å². The molecule has 1 aliphatic carbocycles. The molecule has 0 radical (unpaired) electrons. The van der Waals surface area contributed by atoms with Gasteiger partial charge in [0.2, 0.25) is 5.91 Å². The molecule has 2 fully saturated rings. The Bertz CT molecular complexity index is 1160. The Morgan fingerprint density at radius 1 is 1.16 bits per heavy atom. The highest BCUT2D eigenvalue weighted by Gasteiger charge is 2.32. The van der Waals surface area contributed by atoms with Crippen LogP contribution >= 0.6 is 0 Å². The number of rotatable bonds is 7. The Kier molecular flexibility index (Phi) is 5.26. The second kappa shape index (κ2) is 8.21. The normalized spacial score (nSPS) is 18.6. The molecule has 1 atom stereocenters. The number of aryl methyl sites for hydroxylation is 1. The summed E-state index contributed by atoms with van der Waals surface area (Å²) < 4.78 is 9.10. The van der Waals surface area contributed by atoms with E-state index in [1.807, 2.05) is 50.4 Å². The minimum atomic E-state index is -0.0273. The molecule has 0 N–H and O–H groups in total. The minimum Gasteiger partial charge on any atom is -0.496 e. The Balaban J connectivity index is 1.31. The molecular formula is C24H28N4O3. The fraction of sp³-hybridized carbons (Fsp3) is 0.458. The van der Waals surface area contributed by atoms with Crippen molar-refractivity contribution in [3.8, 4) is 5.75 Å². The maximum Gasteiger partial charge on any atom is 0.330 e. The number of carbonyl (C=O) groups excluding carboxylic acids is 1. The lowest BCUT2D eigenvalue weighted by Crippen LogP contribution is -2.32. The van der Waals surface area contributed by atoms with Crippen LogP contribution < -0.4 is 10.4 Å². The van der Waals surface area contributed by atoms with E-state index in [9.17, 15) is 9.59 Å². The zero-order valence-electron chi connectivity index (χ0n) is 17.9. The van der Waals surface area contributed by atoms with Crippen LogP contribution in [-0.2, 0) is 17.8 Å². The molecule has 1 saturated heterocycles. The predicted octanol–water partition coefficient (Wildman–Crippen LogP) is 3.02. The van der Waals surface area contributed by atoms with Gasteiger partial charge in [0.05, 0.1) is 18.7 Å². The number of fused-ring (bicyclic) bond motifs is 1. The van der Waals surface area contributed by atoms with Crippen LogP contribution in [0.25, 0.3) is 11.2 Å². The molecule has 3 aromatic rings. The standard InChI is InChI=1S/C24H28N4O3/c1-31-21-7-3-2-5-18(21)10-11-22(29)26-14-12-19(16-26)28-23-20(6-4-13-25-23)27(24(28)30)15-17-8-9-17/h2-7,13,17,19H,8-12,14-16H2,1H3/t19-/m1/s1. The first-order valence-corrected chi connectivity index (χ1v) is 11.1. The van der Waals surface area contributed by atoms with Crippen LogP contribution in [0.3, 0.4) is 0 Å². The van der Waals surface area contributed by atoms with E-state index in [1.54, 1.807) is 13.3 Å². The highest BCUT2D eigenvalue weighted by molar-refractivity contribution is 5.77. The molecule has 1 saturated carbocycles. The molecule has 1 aliphatic heterocycles. The summed E-state index contributed by atoms with van der Waals surface area (Å²) in [6.07, 6.45) is 5.98. The highest BCUT2D eigenvalue weighted by Crippen LogP contribution is 2.32. The van der Waals surface area contributed by atoms with Crippen molar-refractivity contribution in [2.45, 2.75) is 44.7 Å². The lowest BCUT2D eigenvalue weighted by Gasteiger charge is -2.17. The van der Waals surface area contributed by atoms with Crippen molar-refractivity contribution in [3.63, 3.8) is 0 Å². The van der Waals surface area contributed by atoms with Crippen molar-refractivity contribution in [3.05, 3.63) is 58.6 Å². The number of benzene rings is 1. The van der Waals surface area contributed by atoms with Crippen LogP contribution in [0.5, 0.6) is 5.75 Å². The number of ether oxygens (including phenoxy) is 1. The molecule has 2 aromatic heterocycles. The summed E-state index contributed by atoms with van der Waals surface area (Å²) in [7, 11) is 1.65. The number of methoxy groups -OCH3 is 1. The lowest BCUT2D eigenvalue weighted by atomic mass is 10.1. The number of carbonyl (C=O) groups is 1. The number of aromatic nitrogens is 3. The Morgan fingerprint density at radius 3 is 2.81 bits per heavy atom. The van der Waals surface area contributed by atoms with E-state index in [0.29, 0.717) is 31.8 Å². The number of amides is 1. The van der Waals surface area contributed by atoms with Crippen LogP contribution in [0.15, 0.2) is 47.4 Å². The van der Waals surface area contributed by atoms with Gasteiger partial charge in [0, 0.05) is 32.3 Å². The molecule has 0 bridgehead atoms. The van der Waals surface area contributed by atoms with E-state index in [0.717, 1.165) is 35.4 Å². The summed E-state index contributed by atoms with van der Waals surface area (Å²) in [6.45, 7) is 2.00. The first-order chi connectivity index (χ1) is 15.2. The summed E-state index contributed by atoms with van der Waals surface area (Å²) in [5, 5.41) is 0. The van der Waals surface area contributed by atoms with Crippen molar-refractivity contribution in [2.24, 2.45) is 5.92 Å². The topological polar surface area (TPSA) is 69.4 Å². The van der Waals surface area contributed by atoms with E-state index in [2.05, 4.69) is 4.98 Å². The van der Waals surface area contributed by atoms with Crippen molar-refractivity contribution in [2.75, 3.05) is 20.2 Å². The van der Waals surface area contributed by atoms with Gasteiger partial charge >= 0.3 is 5.69 Å². The number of likely N-dealkylation sites (tertiary alicyclic amines) is 1. The SMILES string of the molecule is COc1ccccc1CCC(=O)N1CC[C@@H](n2c(=O)n(CC3CC3)c3cccnc32)C1. The second-order valence-electron chi connectivity index (χ2n) is 8.65. The Morgan fingerprint density at radius 2 is 2.00 bits per heavy atom. The molecule has 1 amide bonds. The van der Waals surface area contributed by atoms with E-state index in [-0.39, 0.29) is 17.6 Å². The van der Waals surface area contributed by atoms with Gasteiger partial charge in [0.25, 0.3) is 0 Å². The average Bonchev–Trinajstić information content (AvgIpc) is 3.42. The van der Waals surface area contributed by atoms with Crippen molar-refractivity contribution < 1.29 is 9.53 Å². The highest BCUT2D eigenvalue weighted by atomic mass is 16.5. The fourth-order valence-electron chi connectivity index (χ4n) is 4.66. The second-order valence-corrected chi connectivity index (χ2v) is 8.65. The van der Waals surface area contributed by atoms with E-state index in [1.165, 1.54) is 12.8 Å². The first kappa shape index (κ1) is 19.8. The number of pyridine rings is 1. The first-order valence-electron chi connectivity index (χ1n) is 11.1. The zero-order valence-corrected chi connectivity index (χ0v) is 17.9. The quantitative estimate of drug-likeness (QED) is 0.589. The van der Waals surface area contributed by atoms with Gasteiger partial charge < -0.3 is 9.64 Å². The smallest absolute Gasteiger partial charge is 0.330 e. The molecule has 2 aliphatic rings. The van der Waals surface area contributed by atoms with Crippen LogP contribution in [0.1, 0.15) is 37.3 Å². The minimum absolute atomic E-state index is 0.00826. The molecular weight excluding hydrogens is 392 g/mol. The summed E-state index contributed by atoms with van der Waals surface area (Å²) in [5.74, 6) is 1.54. The molecule has 7 nitrogen and oxygen atoms in total. The van der Waals surface area contributed by atoms with Gasteiger partial charge in [-0.25, -0.2) is 9.78 Å². The monoisotopic (exact) mass is 420 g/mol. The van der Waals surface area contributed by atoms with Crippen molar-refractivity contribution >= 4 is 17.1 Å². The molecule has 31 heavy (non-hydrogen) atoms. The third-order valence-electron chi connectivity index (χ3n) is 6.54. The fourth-order valence-corrected chi connectivity index (χ4v) is 4.66. The number of hydrogen-bond donors (Lipinski definition) is 0. The summed E-state index contributed by atoms with van der Waals surface area (Å²) in [4.78, 5) is 32.6. The summed E-state index contributed by atoms with van der Waals surface area (Å²) in [5.41, 5.74) is 2.69. The summed E-state index contributed by atoms with van der Waals surface area (Å²) in [6, 6.07) is 11.7. The molecule has 1 aromatic carbocycles. The van der Waals surface area contributed by atoms with Gasteiger partial charge in [0.15, 0.2) is 5.65 Å². The third-order valence-corrected chi connectivity index (χ3v) is 6.54. The van der Waals surface area contributed by atoms with E-state index < -0.39 is 0 Å². The Hall–Kier alpha value is -3.09. The van der Waals surface area contributed by atoms with Gasteiger partial charge in [-0.05, 0) is 55.4 Å². The van der Waals surface area contributed by atoms with Gasteiger partial charge in [-0.3, -0.25) is 13.9 Å². The molecule has 7 heteroatoms. The maximum absolute atomic E-state index is 13.3. The zero-order chi connectivity index (χ0) is 21.4. The molecule has 5 rings (SSSR count). The number of imidazole rings is 1. The van der Waals surface area contributed by atoms with E-state index in [4.69, 9.17) is 4.74 Å². The molecule has 0 spiro atoms. The molecule has 162 valence electrons. The van der Waals surface area contributed by atoms with Crippen LogP contribution in [0.2, 0.25) is 0 Å². The van der Waals surface area contributed by atoms with E-state index >= 15 is 0 Å². The van der Waals surface area contributed by atoms with Crippen molar-refractivity contribution in [1.29, 1.82) is 0 Å². The lowest BCUT2D eigenvalue weighted by molar-refractivity contribution is -0.130. The number of hydrogen-bond acceptors (Lipinski definition) is 4. The maximum atomic E-state index is 13.3. The Labute approximate surface area is 181 Å². The average molecular weight is 421 g/mol. The van der Waals surface area contributed by atoms with Crippen LogP contribution in [0, 0.1) is 5.92 Å². The summed E-state index contributed by atoms with van der Waals surface area (Å²) >= 11 is 0. The number of nitrogens with zero attached hydrogens (tertiary/aromatic N) is 4. The van der Waals surface area contributed by atoms with Gasteiger partial charge in [-0.1, -0.05) is 18.2 Å². The molecule has 0 unspecified atom stereocenters. The van der Waals surface area contributed by atoms with Gasteiger partial charge in [-0.15, -0.1) is 0 Å². The van der Waals surface area contributed by atoms with Gasteiger partial charge in [0.1, 0.15) is 5.75 Å². The number of para-hydroxylation sites is 1. The van der Waals surface area contributed by atoms with Gasteiger partial charge in [-0.2, -0.15) is 0 Å². The largest absolute Gasteiger partial charge is 0.496 e. The molecule has 3 heterocycles. The van der Waals surface area contributed by atoms with Crippen LogP contribution in [-0.4, -0.2) is 45.1 Å². The third kappa shape index (κ3) is 3.84.